The van der Waals surface area contributed by atoms with Crippen LogP contribution in [0.4, 0.5) is 0 Å². The van der Waals surface area contributed by atoms with Gasteiger partial charge in [-0.05, 0) is 33.5 Å². The van der Waals surface area contributed by atoms with Gasteiger partial charge < -0.3 is 0 Å². The number of aryl methyl sites for hydroxylation is 1. The van der Waals surface area contributed by atoms with E-state index < -0.39 is 0 Å². The third kappa shape index (κ3) is 1.44. The number of rotatable bonds is 2. The van der Waals surface area contributed by atoms with Crippen LogP contribution in [0.3, 0.4) is 0 Å². The molecule has 0 atom stereocenters. The Morgan fingerprint density at radius 1 is 0.833 bits per heavy atom. The van der Waals surface area contributed by atoms with Crippen molar-refractivity contribution in [3.8, 4) is 0 Å². The second-order valence-electron chi connectivity index (χ2n) is 4.45. The lowest BCUT2D eigenvalue weighted by Gasteiger charge is -2.12. The van der Waals surface area contributed by atoms with E-state index in [4.69, 9.17) is 0 Å². The van der Waals surface area contributed by atoms with E-state index in [0.717, 1.165) is 29.0 Å². The Balaban J connectivity index is 2.65. The quantitative estimate of drug-likeness (QED) is 0.475. The molecule has 0 aliphatic carbocycles. The number of hydrogen-bond donors (Lipinski definition) is 0. The monoisotopic (exact) mass is 234 g/mol. The van der Waals surface area contributed by atoms with Gasteiger partial charge in [0.1, 0.15) is 0 Å². The lowest BCUT2D eigenvalue weighted by molar-refractivity contribution is 0.112. The second kappa shape index (κ2) is 4.26. The van der Waals surface area contributed by atoms with Crippen molar-refractivity contribution in [1.29, 1.82) is 0 Å². The lowest BCUT2D eigenvalue weighted by Crippen LogP contribution is -1.93. The molecule has 18 heavy (non-hydrogen) atoms. The molecular formula is C17H14O. The van der Waals surface area contributed by atoms with Crippen LogP contribution in [0.1, 0.15) is 22.8 Å². The van der Waals surface area contributed by atoms with Crippen molar-refractivity contribution in [3.05, 3.63) is 59.7 Å². The Morgan fingerprint density at radius 3 is 1.67 bits per heavy atom. The van der Waals surface area contributed by atoms with Gasteiger partial charge in [-0.1, -0.05) is 55.5 Å². The van der Waals surface area contributed by atoms with Crippen LogP contribution in [0, 0.1) is 0 Å². The third-order valence-electron chi connectivity index (χ3n) is 3.56. The molecule has 0 unspecified atom stereocenters. The van der Waals surface area contributed by atoms with Gasteiger partial charge in [-0.2, -0.15) is 0 Å². The zero-order chi connectivity index (χ0) is 12.5. The number of carbonyl (C=O) groups excluding carboxylic acids is 1. The predicted octanol–water partition coefficient (Wildman–Crippen LogP) is 4.37. The van der Waals surface area contributed by atoms with Gasteiger partial charge in [0.25, 0.3) is 0 Å². The molecule has 3 rings (SSSR count). The molecule has 0 aromatic heterocycles. The highest BCUT2D eigenvalue weighted by atomic mass is 16.1. The van der Waals surface area contributed by atoms with Crippen molar-refractivity contribution in [1.82, 2.24) is 0 Å². The second-order valence-corrected chi connectivity index (χ2v) is 4.45. The van der Waals surface area contributed by atoms with Crippen molar-refractivity contribution in [2.75, 3.05) is 0 Å². The first kappa shape index (κ1) is 11.0. The van der Waals surface area contributed by atoms with E-state index >= 15 is 0 Å². The summed E-state index contributed by atoms with van der Waals surface area (Å²) in [5.41, 5.74) is 2.13. The predicted molar refractivity (Wildman–Crippen MR) is 76.2 cm³/mol. The molecule has 0 aliphatic heterocycles. The molecule has 0 bridgehead atoms. The lowest BCUT2D eigenvalue weighted by atomic mass is 9.91. The van der Waals surface area contributed by atoms with Crippen LogP contribution in [-0.2, 0) is 6.42 Å². The summed E-state index contributed by atoms with van der Waals surface area (Å²) >= 11 is 0. The molecule has 0 amide bonds. The van der Waals surface area contributed by atoms with E-state index in [2.05, 4.69) is 19.1 Å². The molecule has 0 saturated carbocycles. The molecule has 3 aromatic rings. The van der Waals surface area contributed by atoms with Crippen LogP contribution >= 0.6 is 0 Å². The summed E-state index contributed by atoms with van der Waals surface area (Å²) < 4.78 is 0. The standard InChI is InChI=1S/C17H14O/c1-2-12-13-7-3-5-9-15(13)17(11-18)16-10-6-4-8-14(12)16/h3-11H,2H2,1H3. The summed E-state index contributed by atoms with van der Waals surface area (Å²) in [7, 11) is 0. The number of carbonyl (C=O) groups is 1. The van der Waals surface area contributed by atoms with Crippen molar-refractivity contribution in [2.45, 2.75) is 13.3 Å². The van der Waals surface area contributed by atoms with Gasteiger partial charge >= 0.3 is 0 Å². The van der Waals surface area contributed by atoms with Crippen molar-refractivity contribution in [2.24, 2.45) is 0 Å². The largest absolute Gasteiger partial charge is 0.298 e. The first-order valence-corrected chi connectivity index (χ1v) is 6.24. The average molecular weight is 234 g/mol. The van der Waals surface area contributed by atoms with Crippen LogP contribution in [0.25, 0.3) is 21.5 Å². The molecule has 0 fully saturated rings. The van der Waals surface area contributed by atoms with Crippen LogP contribution in [-0.4, -0.2) is 6.29 Å². The SMILES string of the molecule is CCc1c2ccccc2c(C=O)c2ccccc12. The molecule has 0 N–H and O–H groups in total. The van der Waals surface area contributed by atoms with Gasteiger partial charge in [-0.25, -0.2) is 0 Å². The van der Waals surface area contributed by atoms with Gasteiger partial charge in [0.2, 0.25) is 0 Å². The molecule has 0 heterocycles. The van der Waals surface area contributed by atoms with E-state index in [0.29, 0.717) is 0 Å². The molecule has 1 nitrogen and oxygen atoms in total. The highest BCUT2D eigenvalue weighted by Crippen LogP contribution is 2.32. The summed E-state index contributed by atoms with van der Waals surface area (Å²) in [4.78, 5) is 11.4. The fraction of sp³-hybridized carbons (Fsp3) is 0.118. The van der Waals surface area contributed by atoms with E-state index in [9.17, 15) is 4.79 Å². The number of benzene rings is 3. The van der Waals surface area contributed by atoms with Crippen molar-refractivity contribution < 1.29 is 4.79 Å². The molecule has 0 saturated heterocycles. The minimum absolute atomic E-state index is 0.804. The molecule has 1 heteroatoms. The topological polar surface area (TPSA) is 17.1 Å². The smallest absolute Gasteiger partial charge is 0.151 e. The maximum absolute atomic E-state index is 11.4. The van der Waals surface area contributed by atoms with Crippen LogP contribution in [0.5, 0.6) is 0 Å². The van der Waals surface area contributed by atoms with Crippen molar-refractivity contribution >= 4 is 27.8 Å². The highest BCUT2D eigenvalue weighted by molar-refractivity contribution is 6.14. The highest BCUT2D eigenvalue weighted by Gasteiger charge is 2.11. The van der Waals surface area contributed by atoms with Gasteiger partial charge in [0.05, 0.1) is 0 Å². The summed E-state index contributed by atoms with van der Waals surface area (Å²) in [6.45, 7) is 2.16. The summed E-state index contributed by atoms with van der Waals surface area (Å²) in [5, 5.41) is 4.51. The third-order valence-corrected chi connectivity index (χ3v) is 3.56. The number of hydrogen-bond acceptors (Lipinski definition) is 1. The Bertz CT molecular complexity index is 684. The molecule has 0 aliphatic rings. The van der Waals surface area contributed by atoms with E-state index in [1.54, 1.807) is 0 Å². The number of aldehydes is 1. The fourth-order valence-electron chi connectivity index (χ4n) is 2.76. The van der Waals surface area contributed by atoms with Crippen LogP contribution < -0.4 is 0 Å². The van der Waals surface area contributed by atoms with Gasteiger partial charge in [0, 0.05) is 5.56 Å². The van der Waals surface area contributed by atoms with Gasteiger partial charge in [-0.15, -0.1) is 0 Å². The average Bonchev–Trinajstić information content (AvgIpc) is 2.44. The number of fused-ring (bicyclic) bond motifs is 2. The maximum atomic E-state index is 11.4. The Kier molecular flexibility index (Phi) is 2.60. The van der Waals surface area contributed by atoms with Gasteiger partial charge in [0.15, 0.2) is 6.29 Å². The Hall–Kier alpha value is -2.15. The van der Waals surface area contributed by atoms with Crippen LogP contribution in [0.2, 0.25) is 0 Å². The summed E-state index contributed by atoms with van der Waals surface area (Å²) in [5.74, 6) is 0. The normalized spacial score (nSPS) is 10.9. The zero-order valence-corrected chi connectivity index (χ0v) is 10.3. The molecule has 0 radical (unpaired) electrons. The summed E-state index contributed by atoms with van der Waals surface area (Å²) in [6.07, 6.45) is 1.95. The molecule has 88 valence electrons. The first-order valence-electron chi connectivity index (χ1n) is 6.24. The minimum atomic E-state index is 0.804. The molecule has 3 aromatic carbocycles. The van der Waals surface area contributed by atoms with E-state index in [1.165, 1.54) is 16.3 Å². The zero-order valence-electron chi connectivity index (χ0n) is 10.3. The van der Waals surface area contributed by atoms with Crippen LogP contribution in [0.15, 0.2) is 48.5 Å². The Morgan fingerprint density at radius 2 is 1.28 bits per heavy atom. The molecular weight excluding hydrogens is 220 g/mol. The van der Waals surface area contributed by atoms with E-state index in [1.807, 2.05) is 36.4 Å². The van der Waals surface area contributed by atoms with E-state index in [-0.39, 0.29) is 0 Å². The summed E-state index contributed by atoms with van der Waals surface area (Å²) in [6, 6.07) is 16.3. The fourth-order valence-corrected chi connectivity index (χ4v) is 2.76. The molecule has 0 spiro atoms. The van der Waals surface area contributed by atoms with Gasteiger partial charge in [-0.3, -0.25) is 4.79 Å². The Labute approximate surface area is 106 Å². The minimum Gasteiger partial charge on any atom is -0.298 e. The van der Waals surface area contributed by atoms with Crippen molar-refractivity contribution in [3.63, 3.8) is 0 Å². The maximum Gasteiger partial charge on any atom is 0.151 e. The first-order chi connectivity index (χ1) is 8.86.